The SMILES string of the molecule is C=C(CCC)/C(=C/CO)C(O)CC/C(=C/c1cccc(O)c1)CCC. The average Bonchev–Trinajstić information content (AvgIpc) is 2.57. The van der Waals surface area contributed by atoms with Gasteiger partial charge in [0.15, 0.2) is 0 Å². The molecule has 0 saturated heterocycles. The van der Waals surface area contributed by atoms with Crippen molar-refractivity contribution in [3.63, 3.8) is 0 Å². The topological polar surface area (TPSA) is 60.7 Å². The van der Waals surface area contributed by atoms with Crippen molar-refractivity contribution < 1.29 is 15.3 Å². The highest BCUT2D eigenvalue weighted by atomic mass is 16.3. The van der Waals surface area contributed by atoms with Gasteiger partial charge in [0.05, 0.1) is 12.7 Å². The molecular formula is C22H32O3. The zero-order valence-corrected chi connectivity index (χ0v) is 15.5. The quantitative estimate of drug-likeness (QED) is 0.496. The fourth-order valence-electron chi connectivity index (χ4n) is 2.98. The largest absolute Gasteiger partial charge is 0.508 e. The number of aromatic hydroxyl groups is 1. The van der Waals surface area contributed by atoms with Crippen LogP contribution in [0.4, 0.5) is 0 Å². The maximum Gasteiger partial charge on any atom is 0.116 e. The van der Waals surface area contributed by atoms with Crippen molar-refractivity contribution in [3.8, 4) is 5.75 Å². The number of phenolic OH excluding ortho intramolecular Hbond substituents is 1. The van der Waals surface area contributed by atoms with Gasteiger partial charge in [-0.1, -0.05) is 63.1 Å². The molecule has 3 nitrogen and oxygen atoms in total. The van der Waals surface area contributed by atoms with Crippen LogP contribution in [0, 0.1) is 0 Å². The van der Waals surface area contributed by atoms with E-state index in [1.807, 2.05) is 12.1 Å². The lowest BCUT2D eigenvalue weighted by Crippen LogP contribution is -2.13. The number of rotatable bonds is 11. The molecule has 0 aliphatic rings. The lowest BCUT2D eigenvalue weighted by Gasteiger charge is -2.18. The van der Waals surface area contributed by atoms with E-state index in [9.17, 15) is 15.3 Å². The summed E-state index contributed by atoms with van der Waals surface area (Å²) in [4.78, 5) is 0. The molecule has 0 spiro atoms. The number of aliphatic hydroxyl groups is 2. The average molecular weight is 344 g/mol. The van der Waals surface area contributed by atoms with Crippen LogP contribution in [0.3, 0.4) is 0 Å². The standard InChI is InChI=1S/C22H32O3/c1-4-7-17(3)21(13-14-23)22(25)12-11-18(8-5-2)15-19-9-6-10-20(24)16-19/h6,9-10,13,15-16,22-25H,3-5,7-8,11-12,14H2,1-2H3/b18-15+,21-13-. The Morgan fingerprint density at radius 1 is 1.16 bits per heavy atom. The van der Waals surface area contributed by atoms with Crippen LogP contribution < -0.4 is 0 Å². The third-order valence-electron chi connectivity index (χ3n) is 4.18. The van der Waals surface area contributed by atoms with E-state index in [4.69, 9.17) is 0 Å². The molecule has 1 aromatic carbocycles. The molecule has 3 heteroatoms. The van der Waals surface area contributed by atoms with E-state index >= 15 is 0 Å². The van der Waals surface area contributed by atoms with Gasteiger partial charge >= 0.3 is 0 Å². The van der Waals surface area contributed by atoms with Crippen LogP contribution in [-0.2, 0) is 0 Å². The minimum atomic E-state index is -0.615. The first-order valence-corrected chi connectivity index (χ1v) is 9.17. The van der Waals surface area contributed by atoms with E-state index in [0.717, 1.165) is 48.8 Å². The maximum atomic E-state index is 10.6. The maximum absolute atomic E-state index is 10.6. The highest BCUT2D eigenvalue weighted by Crippen LogP contribution is 2.25. The van der Waals surface area contributed by atoms with E-state index < -0.39 is 6.10 Å². The molecule has 0 heterocycles. The van der Waals surface area contributed by atoms with Gasteiger partial charge in [-0.2, -0.15) is 0 Å². The van der Waals surface area contributed by atoms with Gasteiger partial charge in [0.25, 0.3) is 0 Å². The fourth-order valence-corrected chi connectivity index (χ4v) is 2.98. The lowest BCUT2D eigenvalue weighted by molar-refractivity contribution is 0.200. The Morgan fingerprint density at radius 3 is 2.48 bits per heavy atom. The Balaban J connectivity index is 2.81. The zero-order valence-electron chi connectivity index (χ0n) is 15.5. The molecule has 1 unspecified atom stereocenters. The molecule has 138 valence electrons. The monoisotopic (exact) mass is 344 g/mol. The summed E-state index contributed by atoms with van der Waals surface area (Å²) in [7, 11) is 0. The van der Waals surface area contributed by atoms with Crippen molar-refractivity contribution in [2.24, 2.45) is 0 Å². The van der Waals surface area contributed by atoms with Gasteiger partial charge in [-0.05, 0) is 54.5 Å². The number of benzene rings is 1. The van der Waals surface area contributed by atoms with Crippen molar-refractivity contribution in [1.29, 1.82) is 0 Å². The Hall–Kier alpha value is -1.84. The lowest BCUT2D eigenvalue weighted by atomic mass is 9.92. The molecular weight excluding hydrogens is 312 g/mol. The first-order chi connectivity index (χ1) is 12.0. The van der Waals surface area contributed by atoms with E-state index in [-0.39, 0.29) is 12.4 Å². The fraction of sp³-hybridized carbons (Fsp3) is 0.455. The van der Waals surface area contributed by atoms with Gasteiger partial charge in [0, 0.05) is 0 Å². The Kier molecular flexibility index (Phi) is 9.90. The number of aliphatic hydroxyl groups excluding tert-OH is 2. The van der Waals surface area contributed by atoms with Crippen LogP contribution in [0.25, 0.3) is 6.08 Å². The number of hydrogen-bond acceptors (Lipinski definition) is 3. The third kappa shape index (κ3) is 7.72. The molecule has 0 aliphatic heterocycles. The zero-order chi connectivity index (χ0) is 18.7. The molecule has 3 N–H and O–H groups in total. The molecule has 1 aromatic rings. The van der Waals surface area contributed by atoms with E-state index in [0.29, 0.717) is 6.42 Å². The third-order valence-corrected chi connectivity index (χ3v) is 4.18. The normalized spacial score (nSPS) is 13.8. The van der Waals surface area contributed by atoms with Crippen molar-refractivity contribution >= 4 is 6.08 Å². The molecule has 0 aromatic heterocycles. The molecule has 1 rings (SSSR count). The minimum absolute atomic E-state index is 0.0872. The van der Waals surface area contributed by atoms with Crippen molar-refractivity contribution in [2.45, 2.75) is 58.5 Å². The van der Waals surface area contributed by atoms with Crippen LogP contribution >= 0.6 is 0 Å². The number of allylic oxidation sites excluding steroid dienone is 1. The highest BCUT2D eigenvalue weighted by molar-refractivity contribution is 5.54. The second kappa shape index (κ2) is 11.7. The molecule has 0 saturated carbocycles. The molecule has 0 fully saturated rings. The van der Waals surface area contributed by atoms with E-state index in [1.54, 1.807) is 18.2 Å². The van der Waals surface area contributed by atoms with Crippen LogP contribution in [-0.4, -0.2) is 28.0 Å². The van der Waals surface area contributed by atoms with Crippen molar-refractivity contribution in [1.82, 2.24) is 0 Å². The predicted molar refractivity (Wildman–Crippen MR) is 105 cm³/mol. The van der Waals surface area contributed by atoms with E-state index in [2.05, 4.69) is 26.5 Å². The summed E-state index contributed by atoms with van der Waals surface area (Å²) in [6, 6.07) is 7.20. The molecule has 1 atom stereocenters. The second-order valence-corrected chi connectivity index (χ2v) is 6.40. The Bertz CT molecular complexity index is 599. The summed E-state index contributed by atoms with van der Waals surface area (Å²) in [5, 5.41) is 29.4. The van der Waals surface area contributed by atoms with Crippen molar-refractivity contribution in [2.75, 3.05) is 6.61 Å². The number of hydrogen-bond donors (Lipinski definition) is 3. The summed E-state index contributed by atoms with van der Waals surface area (Å²) >= 11 is 0. The van der Waals surface area contributed by atoms with Gasteiger partial charge in [-0.3, -0.25) is 0 Å². The predicted octanol–water partition coefficient (Wildman–Crippen LogP) is 4.99. The first-order valence-electron chi connectivity index (χ1n) is 9.17. The van der Waals surface area contributed by atoms with E-state index in [1.165, 1.54) is 5.57 Å². The summed E-state index contributed by atoms with van der Waals surface area (Å²) in [5.41, 5.74) is 3.88. The summed E-state index contributed by atoms with van der Waals surface area (Å²) in [6.07, 6.45) is 8.28. The minimum Gasteiger partial charge on any atom is -0.508 e. The van der Waals surface area contributed by atoms with Gasteiger partial charge in [0.1, 0.15) is 5.75 Å². The highest BCUT2D eigenvalue weighted by Gasteiger charge is 2.14. The summed E-state index contributed by atoms with van der Waals surface area (Å²) < 4.78 is 0. The summed E-state index contributed by atoms with van der Waals surface area (Å²) in [5.74, 6) is 0.258. The first kappa shape index (κ1) is 21.2. The molecule has 0 radical (unpaired) electrons. The smallest absolute Gasteiger partial charge is 0.116 e. The van der Waals surface area contributed by atoms with Gasteiger partial charge in [0.2, 0.25) is 0 Å². The molecule has 25 heavy (non-hydrogen) atoms. The Labute approximate surface area is 152 Å². The Morgan fingerprint density at radius 2 is 1.88 bits per heavy atom. The summed E-state index contributed by atoms with van der Waals surface area (Å²) in [6.45, 7) is 8.16. The van der Waals surface area contributed by atoms with Crippen LogP contribution in [0.2, 0.25) is 0 Å². The van der Waals surface area contributed by atoms with Crippen LogP contribution in [0.5, 0.6) is 5.75 Å². The van der Waals surface area contributed by atoms with Gasteiger partial charge in [-0.15, -0.1) is 0 Å². The van der Waals surface area contributed by atoms with Gasteiger partial charge < -0.3 is 15.3 Å². The molecule has 0 aliphatic carbocycles. The van der Waals surface area contributed by atoms with Crippen LogP contribution in [0.1, 0.15) is 57.9 Å². The second-order valence-electron chi connectivity index (χ2n) is 6.40. The number of phenols is 1. The van der Waals surface area contributed by atoms with Crippen molar-refractivity contribution in [3.05, 3.63) is 59.2 Å². The molecule has 0 bridgehead atoms. The van der Waals surface area contributed by atoms with Crippen LogP contribution in [0.15, 0.2) is 53.6 Å². The van der Waals surface area contributed by atoms with Gasteiger partial charge in [-0.25, -0.2) is 0 Å². The molecule has 0 amide bonds.